The van der Waals surface area contributed by atoms with Crippen LogP contribution >= 0.6 is 34.9 Å². The van der Waals surface area contributed by atoms with Crippen molar-refractivity contribution in [2.24, 2.45) is 0 Å². The van der Waals surface area contributed by atoms with Gasteiger partial charge in [-0.15, -0.1) is 34.9 Å². The minimum absolute atomic E-state index is 0.00187. The number of thiophene rings is 1. The number of carbonyl (C=O) groups is 4. The SMILES string of the molecule is COc1ccc(COC(=O)C2=C(CSc3ccc(NC(=O)c4cc5ccccc5oc4=O)cc3)CS[C@@H]3[C@H](NC(=O)Cc4cccs4)C(=O)N23)cc1. The van der Waals surface area contributed by atoms with Crippen molar-refractivity contribution in [2.45, 2.75) is 29.3 Å². The Bertz CT molecular complexity index is 2230. The summed E-state index contributed by atoms with van der Waals surface area (Å²) in [4.78, 5) is 68.5. The average Bonchev–Trinajstić information content (AvgIpc) is 3.68. The van der Waals surface area contributed by atoms with Gasteiger partial charge in [0.1, 0.15) is 40.6 Å². The van der Waals surface area contributed by atoms with Gasteiger partial charge in [-0.1, -0.05) is 36.4 Å². The van der Waals surface area contributed by atoms with Gasteiger partial charge in [0.05, 0.1) is 13.5 Å². The summed E-state index contributed by atoms with van der Waals surface area (Å²) in [6.07, 6.45) is 0.175. The Morgan fingerprint density at radius 3 is 2.52 bits per heavy atom. The summed E-state index contributed by atoms with van der Waals surface area (Å²) in [5.41, 5.74) is 1.73. The first-order valence-electron chi connectivity index (χ1n) is 16.1. The lowest BCUT2D eigenvalue weighted by Gasteiger charge is -2.49. The molecule has 2 aliphatic heterocycles. The number of amides is 3. The van der Waals surface area contributed by atoms with E-state index in [0.717, 1.165) is 20.9 Å². The van der Waals surface area contributed by atoms with Crippen LogP contribution in [0.2, 0.25) is 0 Å². The lowest BCUT2D eigenvalue weighted by molar-refractivity contribution is -0.153. The minimum atomic E-state index is -0.750. The first kappa shape index (κ1) is 35.1. The molecule has 1 fully saturated rings. The smallest absolute Gasteiger partial charge is 0.355 e. The average molecular weight is 754 g/mol. The Hall–Kier alpha value is -5.31. The van der Waals surface area contributed by atoms with Crippen molar-refractivity contribution in [3.63, 3.8) is 0 Å². The summed E-state index contributed by atoms with van der Waals surface area (Å²) in [6.45, 7) is 0.00187. The Kier molecular flexibility index (Phi) is 10.5. The lowest BCUT2D eigenvalue weighted by atomic mass is 10.0. The molecule has 2 N–H and O–H groups in total. The van der Waals surface area contributed by atoms with Gasteiger partial charge in [-0.05, 0) is 71.1 Å². The van der Waals surface area contributed by atoms with Gasteiger partial charge in [-0.2, -0.15) is 0 Å². The number of anilines is 1. The second-order valence-electron chi connectivity index (χ2n) is 11.8. The van der Waals surface area contributed by atoms with E-state index < -0.39 is 28.9 Å². The number of thioether (sulfide) groups is 2. The maximum atomic E-state index is 13.7. The molecule has 14 heteroatoms. The molecule has 4 heterocycles. The molecule has 0 saturated carbocycles. The fraction of sp³-hybridized carbons (Fsp3) is 0.184. The summed E-state index contributed by atoms with van der Waals surface area (Å²) in [7, 11) is 1.57. The second kappa shape index (κ2) is 15.5. The maximum Gasteiger partial charge on any atom is 0.355 e. The van der Waals surface area contributed by atoms with Gasteiger partial charge in [0.2, 0.25) is 5.91 Å². The van der Waals surface area contributed by atoms with Crippen LogP contribution in [0.25, 0.3) is 11.0 Å². The highest BCUT2D eigenvalue weighted by atomic mass is 32.2. The van der Waals surface area contributed by atoms with Gasteiger partial charge in [-0.25, -0.2) is 9.59 Å². The summed E-state index contributed by atoms with van der Waals surface area (Å²) >= 11 is 4.42. The number of nitrogens with one attached hydrogen (secondary N) is 2. The van der Waals surface area contributed by atoms with Gasteiger partial charge < -0.3 is 24.5 Å². The van der Waals surface area contributed by atoms with Gasteiger partial charge in [0.15, 0.2) is 0 Å². The van der Waals surface area contributed by atoms with Gasteiger partial charge in [0, 0.05) is 32.4 Å². The number of ether oxygens (including phenoxy) is 2. The highest BCUT2D eigenvalue weighted by molar-refractivity contribution is 8.01. The molecule has 2 aromatic heterocycles. The van der Waals surface area contributed by atoms with Crippen LogP contribution in [-0.2, 0) is 32.1 Å². The maximum absolute atomic E-state index is 13.7. The number of benzene rings is 3. The van der Waals surface area contributed by atoms with Crippen molar-refractivity contribution >= 4 is 75.2 Å². The number of nitrogens with zero attached hydrogens (tertiary/aromatic N) is 1. The van der Waals surface area contributed by atoms with E-state index in [1.807, 2.05) is 29.6 Å². The summed E-state index contributed by atoms with van der Waals surface area (Å²) < 4.78 is 16.2. The number of rotatable bonds is 12. The molecule has 11 nitrogen and oxygen atoms in total. The molecule has 264 valence electrons. The standard InChI is InChI=1S/C38H31N3O8S3/c1-47-26-12-8-22(9-13-26)19-48-38(46)33-24(21-52-36-32(35(44)41(33)36)40-31(42)18-28-6-4-16-50-28)20-51-27-14-10-25(11-15-27)39-34(43)29-17-23-5-2-3-7-30(23)49-37(29)45/h2-17,32,36H,18-21H2,1H3,(H,39,43)(H,40,42)/t32-,36-/m1/s1. The highest BCUT2D eigenvalue weighted by Crippen LogP contribution is 2.42. The van der Waals surface area contributed by atoms with Crippen LogP contribution in [0.5, 0.6) is 5.75 Å². The number of methoxy groups -OCH3 is 1. The zero-order valence-corrected chi connectivity index (χ0v) is 30.1. The predicted molar refractivity (Wildman–Crippen MR) is 200 cm³/mol. The number of para-hydroxylation sites is 1. The molecular weight excluding hydrogens is 723 g/mol. The Morgan fingerprint density at radius 1 is 0.981 bits per heavy atom. The predicted octanol–water partition coefficient (Wildman–Crippen LogP) is 5.85. The lowest BCUT2D eigenvalue weighted by Crippen LogP contribution is -2.70. The summed E-state index contributed by atoms with van der Waals surface area (Å²) in [5.74, 6) is -0.312. The molecule has 0 bridgehead atoms. The summed E-state index contributed by atoms with van der Waals surface area (Å²) in [6, 6.07) is 25.7. The molecule has 52 heavy (non-hydrogen) atoms. The van der Waals surface area contributed by atoms with Crippen molar-refractivity contribution in [3.8, 4) is 5.75 Å². The van der Waals surface area contributed by atoms with Gasteiger partial charge in [0.25, 0.3) is 11.8 Å². The second-order valence-corrected chi connectivity index (χ2v) is 15.0. The van der Waals surface area contributed by atoms with E-state index in [2.05, 4.69) is 10.6 Å². The van der Waals surface area contributed by atoms with E-state index in [0.29, 0.717) is 33.9 Å². The monoisotopic (exact) mass is 753 g/mol. The number of β-lactam (4-membered cyclic amide) rings is 1. The number of hydrogen-bond acceptors (Lipinski definition) is 11. The molecule has 5 aromatic rings. The van der Waals surface area contributed by atoms with Crippen LogP contribution in [0.1, 0.15) is 20.8 Å². The van der Waals surface area contributed by atoms with Crippen molar-refractivity contribution in [1.29, 1.82) is 0 Å². The van der Waals surface area contributed by atoms with E-state index in [4.69, 9.17) is 13.9 Å². The van der Waals surface area contributed by atoms with E-state index in [-0.39, 0.29) is 36.1 Å². The largest absolute Gasteiger partial charge is 0.497 e. The molecule has 2 atom stereocenters. The number of fused-ring (bicyclic) bond motifs is 2. The number of hydrogen-bond donors (Lipinski definition) is 2. The van der Waals surface area contributed by atoms with E-state index in [1.54, 1.807) is 67.8 Å². The van der Waals surface area contributed by atoms with Crippen molar-refractivity contribution < 1.29 is 33.1 Å². The molecular formula is C38H31N3O8S3. The number of esters is 1. The molecule has 0 spiro atoms. The van der Waals surface area contributed by atoms with Crippen LogP contribution in [-0.4, -0.2) is 58.6 Å². The first-order chi connectivity index (χ1) is 25.3. The van der Waals surface area contributed by atoms with Crippen LogP contribution < -0.4 is 21.0 Å². The Labute approximate surface area is 310 Å². The van der Waals surface area contributed by atoms with Crippen molar-refractivity contribution in [2.75, 3.05) is 23.9 Å². The van der Waals surface area contributed by atoms with Gasteiger partial charge >= 0.3 is 11.6 Å². The molecule has 3 aromatic carbocycles. The molecule has 1 saturated heterocycles. The Balaban J connectivity index is 1.04. The van der Waals surface area contributed by atoms with Crippen LogP contribution in [0, 0.1) is 0 Å². The zero-order valence-electron chi connectivity index (χ0n) is 27.7. The molecule has 0 aliphatic carbocycles. The molecule has 7 rings (SSSR count). The third-order valence-electron chi connectivity index (χ3n) is 8.41. The first-order valence-corrected chi connectivity index (χ1v) is 19.0. The van der Waals surface area contributed by atoms with E-state index >= 15 is 0 Å². The van der Waals surface area contributed by atoms with Crippen LogP contribution in [0.3, 0.4) is 0 Å². The quantitative estimate of drug-likeness (QED) is 0.0690. The molecule has 3 amide bonds. The van der Waals surface area contributed by atoms with Crippen molar-refractivity contribution in [3.05, 3.63) is 134 Å². The molecule has 2 aliphatic rings. The fourth-order valence-corrected chi connectivity index (χ4v) is 8.83. The van der Waals surface area contributed by atoms with E-state index in [1.165, 1.54) is 45.8 Å². The van der Waals surface area contributed by atoms with E-state index in [9.17, 15) is 24.0 Å². The Morgan fingerprint density at radius 2 is 1.77 bits per heavy atom. The normalized spacial score (nSPS) is 16.6. The fourth-order valence-electron chi connectivity index (χ4n) is 5.74. The van der Waals surface area contributed by atoms with Crippen LogP contribution in [0.4, 0.5) is 5.69 Å². The van der Waals surface area contributed by atoms with Gasteiger partial charge in [-0.3, -0.25) is 19.3 Å². The zero-order chi connectivity index (χ0) is 36.2. The number of carbonyl (C=O) groups excluding carboxylic acids is 4. The molecule has 0 radical (unpaired) electrons. The molecule has 0 unspecified atom stereocenters. The third-order valence-corrected chi connectivity index (χ3v) is 11.7. The van der Waals surface area contributed by atoms with Crippen molar-refractivity contribution in [1.82, 2.24) is 10.2 Å². The van der Waals surface area contributed by atoms with Crippen LogP contribution in [0.15, 0.2) is 122 Å². The third kappa shape index (κ3) is 7.64. The minimum Gasteiger partial charge on any atom is -0.497 e. The topological polar surface area (TPSA) is 144 Å². The highest BCUT2D eigenvalue weighted by Gasteiger charge is 2.54. The summed E-state index contributed by atoms with van der Waals surface area (Å²) in [5, 5.41) is 7.69.